The number of nitrogens with zero attached hydrogens (tertiary/aromatic N) is 5. The highest BCUT2D eigenvalue weighted by Gasteiger charge is 2.23. The Morgan fingerprint density at radius 3 is 2.54 bits per heavy atom. The molecule has 0 aliphatic rings. The fraction of sp³-hybridized carbons (Fsp3) is 0.316. The predicted octanol–water partition coefficient (Wildman–Crippen LogP) is 4.21. The number of aryl methyl sites for hydroxylation is 3. The number of benzene rings is 1. The molecule has 0 atom stereocenters. The van der Waals surface area contributed by atoms with Crippen LogP contribution in [0.25, 0.3) is 0 Å². The van der Waals surface area contributed by atoms with Gasteiger partial charge in [0.2, 0.25) is 5.91 Å². The number of rotatable bonds is 5. The van der Waals surface area contributed by atoms with Gasteiger partial charge in [0.25, 0.3) is 0 Å². The fourth-order valence-corrected chi connectivity index (χ4v) is 3.90. The lowest BCUT2D eigenvalue weighted by Gasteiger charge is -2.19. The van der Waals surface area contributed by atoms with Crippen molar-refractivity contribution < 1.29 is 9.72 Å². The molecular weight excluding hydrogens is 378 g/mol. The van der Waals surface area contributed by atoms with Gasteiger partial charge in [0.05, 0.1) is 22.8 Å². The average Bonchev–Trinajstić information content (AvgIpc) is 3.15. The van der Waals surface area contributed by atoms with Crippen molar-refractivity contribution >= 4 is 33.8 Å². The molecule has 0 bridgehead atoms. The molecule has 2 aromatic heterocycles. The number of carbonyl (C=O) groups is 1. The number of amides is 1. The third kappa shape index (κ3) is 3.65. The summed E-state index contributed by atoms with van der Waals surface area (Å²) in [5.41, 5.74) is 4.58. The standard InChI is InChI=1S/C19H21N5O3S/c1-11-6-7-17(8-12(11)2)23(15(5)25)19-20-16(10-28-19)9-22-14(4)18(24(26)27)13(3)21-22/h6-8,10H,9H2,1-5H3. The van der Waals surface area contributed by atoms with Gasteiger partial charge in [-0.1, -0.05) is 6.07 Å². The van der Waals surface area contributed by atoms with E-state index in [0.29, 0.717) is 28.8 Å². The zero-order valence-corrected chi connectivity index (χ0v) is 17.2. The zero-order valence-electron chi connectivity index (χ0n) is 16.4. The van der Waals surface area contributed by atoms with Crippen LogP contribution in [0.1, 0.15) is 35.1 Å². The van der Waals surface area contributed by atoms with E-state index in [4.69, 9.17) is 0 Å². The lowest BCUT2D eigenvalue weighted by molar-refractivity contribution is -0.386. The summed E-state index contributed by atoms with van der Waals surface area (Å²) < 4.78 is 1.57. The third-order valence-corrected chi connectivity index (χ3v) is 5.51. The Labute approximate surface area is 166 Å². The molecule has 0 spiro atoms. The number of anilines is 2. The number of thiazole rings is 1. The smallest absolute Gasteiger partial charge is 0.274 e. The largest absolute Gasteiger partial charge is 0.312 e. The van der Waals surface area contributed by atoms with Crippen LogP contribution in [0.2, 0.25) is 0 Å². The molecule has 28 heavy (non-hydrogen) atoms. The Morgan fingerprint density at radius 1 is 1.25 bits per heavy atom. The first kappa shape index (κ1) is 19.7. The molecule has 0 unspecified atom stereocenters. The molecule has 0 saturated carbocycles. The fourth-order valence-electron chi connectivity index (χ4n) is 3.02. The van der Waals surface area contributed by atoms with Gasteiger partial charge >= 0.3 is 5.69 Å². The minimum atomic E-state index is -0.419. The number of aromatic nitrogens is 3. The van der Waals surface area contributed by atoms with E-state index >= 15 is 0 Å². The molecule has 1 aromatic carbocycles. The van der Waals surface area contributed by atoms with Crippen LogP contribution in [0.3, 0.4) is 0 Å². The molecule has 3 aromatic rings. The van der Waals surface area contributed by atoms with E-state index in [1.807, 2.05) is 37.4 Å². The van der Waals surface area contributed by atoms with Gasteiger partial charge in [0.1, 0.15) is 11.4 Å². The first-order valence-electron chi connectivity index (χ1n) is 8.69. The van der Waals surface area contributed by atoms with Crippen LogP contribution in [0, 0.1) is 37.8 Å². The number of nitro groups is 1. The molecule has 0 N–H and O–H groups in total. The summed E-state index contributed by atoms with van der Waals surface area (Å²) in [6, 6.07) is 5.83. The number of carbonyl (C=O) groups excluding carboxylic acids is 1. The van der Waals surface area contributed by atoms with Crippen molar-refractivity contribution in [3.05, 3.63) is 61.9 Å². The van der Waals surface area contributed by atoms with Crippen molar-refractivity contribution in [1.82, 2.24) is 14.8 Å². The number of hydrogen-bond donors (Lipinski definition) is 0. The van der Waals surface area contributed by atoms with Crippen LogP contribution in [-0.4, -0.2) is 25.6 Å². The molecule has 0 radical (unpaired) electrons. The Bertz CT molecular complexity index is 1070. The number of hydrogen-bond acceptors (Lipinski definition) is 6. The summed E-state index contributed by atoms with van der Waals surface area (Å²) in [6.45, 7) is 9.11. The maximum Gasteiger partial charge on any atom is 0.312 e. The van der Waals surface area contributed by atoms with E-state index in [2.05, 4.69) is 10.1 Å². The quantitative estimate of drug-likeness (QED) is 0.473. The molecule has 0 fully saturated rings. The van der Waals surface area contributed by atoms with E-state index in [0.717, 1.165) is 16.8 Å². The Balaban J connectivity index is 1.92. The first-order chi connectivity index (χ1) is 13.2. The van der Waals surface area contributed by atoms with Crippen LogP contribution in [0.15, 0.2) is 23.6 Å². The lowest BCUT2D eigenvalue weighted by atomic mass is 10.1. The Hall–Kier alpha value is -3.07. The van der Waals surface area contributed by atoms with E-state index in [9.17, 15) is 14.9 Å². The van der Waals surface area contributed by atoms with Crippen LogP contribution in [0.5, 0.6) is 0 Å². The van der Waals surface area contributed by atoms with Crippen molar-refractivity contribution in [3.63, 3.8) is 0 Å². The van der Waals surface area contributed by atoms with Gasteiger partial charge in [-0.15, -0.1) is 11.3 Å². The molecule has 0 aliphatic heterocycles. The topological polar surface area (TPSA) is 94.2 Å². The van der Waals surface area contributed by atoms with E-state index in [-0.39, 0.29) is 11.6 Å². The maximum absolute atomic E-state index is 12.3. The minimum absolute atomic E-state index is 0.0240. The van der Waals surface area contributed by atoms with E-state index in [1.165, 1.54) is 18.3 Å². The van der Waals surface area contributed by atoms with E-state index in [1.54, 1.807) is 23.4 Å². The summed E-state index contributed by atoms with van der Waals surface area (Å²) in [5, 5.41) is 17.8. The SMILES string of the molecule is CC(=O)N(c1ccc(C)c(C)c1)c1nc(Cn2nc(C)c([N+](=O)[O-])c2C)cs1. The summed E-state index contributed by atoms with van der Waals surface area (Å²) in [4.78, 5) is 29.2. The molecule has 0 saturated heterocycles. The molecule has 2 heterocycles. The minimum Gasteiger partial charge on any atom is -0.274 e. The lowest BCUT2D eigenvalue weighted by Crippen LogP contribution is -2.22. The Morgan fingerprint density at radius 2 is 1.96 bits per heavy atom. The van der Waals surface area contributed by atoms with Crippen molar-refractivity contribution in [1.29, 1.82) is 0 Å². The van der Waals surface area contributed by atoms with Gasteiger partial charge in [0, 0.05) is 12.3 Å². The third-order valence-electron chi connectivity index (χ3n) is 4.63. The van der Waals surface area contributed by atoms with Gasteiger partial charge in [-0.25, -0.2) is 4.98 Å². The second-order valence-electron chi connectivity index (χ2n) is 6.68. The molecule has 8 nitrogen and oxygen atoms in total. The molecule has 146 valence electrons. The van der Waals surface area contributed by atoms with E-state index < -0.39 is 4.92 Å². The maximum atomic E-state index is 12.3. The van der Waals surface area contributed by atoms with Crippen LogP contribution < -0.4 is 4.90 Å². The molecule has 9 heteroatoms. The van der Waals surface area contributed by atoms with Crippen molar-refractivity contribution in [2.75, 3.05) is 4.90 Å². The van der Waals surface area contributed by atoms with Gasteiger partial charge in [-0.05, 0) is 51.0 Å². The van der Waals surface area contributed by atoms with Gasteiger partial charge in [-0.2, -0.15) is 5.10 Å². The van der Waals surface area contributed by atoms with Gasteiger partial charge < -0.3 is 0 Å². The van der Waals surface area contributed by atoms with Gasteiger partial charge in [0.15, 0.2) is 5.13 Å². The highest BCUT2D eigenvalue weighted by Crippen LogP contribution is 2.31. The zero-order chi connectivity index (χ0) is 20.6. The predicted molar refractivity (Wildman–Crippen MR) is 108 cm³/mol. The highest BCUT2D eigenvalue weighted by atomic mass is 32.1. The van der Waals surface area contributed by atoms with Crippen molar-refractivity contribution in [3.8, 4) is 0 Å². The van der Waals surface area contributed by atoms with Crippen molar-refractivity contribution in [2.45, 2.75) is 41.2 Å². The van der Waals surface area contributed by atoms with Crippen molar-refractivity contribution in [2.24, 2.45) is 0 Å². The average molecular weight is 399 g/mol. The van der Waals surface area contributed by atoms with Crippen LogP contribution in [-0.2, 0) is 11.3 Å². The second-order valence-corrected chi connectivity index (χ2v) is 7.52. The first-order valence-corrected chi connectivity index (χ1v) is 9.57. The Kier molecular flexibility index (Phi) is 5.28. The highest BCUT2D eigenvalue weighted by molar-refractivity contribution is 7.14. The molecule has 1 amide bonds. The summed E-state index contributed by atoms with van der Waals surface area (Å²) >= 11 is 1.35. The second kappa shape index (κ2) is 7.51. The summed E-state index contributed by atoms with van der Waals surface area (Å²) in [7, 11) is 0. The monoisotopic (exact) mass is 399 g/mol. The van der Waals surface area contributed by atoms with Crippen LogP contribution in [0.4, 0.5) is 16.5 Å². The normalized spacial score (nSPS) is 10.9. The van der Waals surface area contributed by atoms with Crippen LogP contribution >= 0.6 is 11.3 Å². The molecule has 0 aliphatic carbocycles. The summed E-state index contributed by atoms with van der Waals surface area (Å²) in [5.74, 6) is -0.133. The summed E-state index contributed by atoms with van der Waals surface area (Å²) in [6.07, 6.45) is 0. The van der Waals surface area contributed by atoms with Gasteiger partial charge in [-0.3, -0.25) is 24.5 Å². The molecule has 3 rings (SSSR count). The molecular formula is C19H21N5O3S.